The Bertz CT molecular complexity index is 763. The van der Waals surface area contributed by atoms with Gasteiger partial charge in [-0.2, -0.15) is 0 Å². The Morgan fingerprint density at radius 1 is 1.16 bits per heavy atom. The smallest absolute Gasteiger partial charge is 0.221 e. The predicted molar refractivity (Wildman–Crippen MR) is 131 cm³/mol. The maximum atomic E-state index is 11.6. The minimum Gasteiger partial charge on any atom is -0.369 e. The lowest BCUT2D eigenvalue weighted by atomic mass is 9.97. The number of hydrogen-bond donors (Lipinski definition) is 2. The number of likely N-dealkylation sites (tertiary alicyclic amines) is 2. The molecular weight excluding hydrogens is 400 g/mol. The molecule has 1 aromatic rings. The highest BCUT2D eigenvalue weighted by Crippen LogP contribution is 2.19. The van der Waals surface area contributed by atoms with E-state index in [1.807, 2.05) is 0 Å². The second-order valence-corrected chi connectivity index (χ2v) is 9.08. The van der Waals surface area contributed by atoms with Crippen molar-refractivity contribution in [2.24, 2.45) is 16.6 Å². The quantitative estimate of drug-likeness (QED) is 0.453. The molecule has 2 aliphatic rings. The monoisotopic (exact) mass is 442 g/mol. The van der Waals surface area contributed by atoms with Gasteiger partial charge in [-0.3, -0.25) is 14.6 Å². The van der Waals surface area contributed by atoms with E-state index in [9.17, 15) is 4.79 Å². The summed E-state index contributed by atoms with van der Waals surface area (Å²) in [5.41, 5.74) is 8.04. The largest absolute Gasteiger partial charge is 0.369 e. The number of rotatable bonds is 9. The van der Waals surface area contributed by atoms with Crippen molar-refractivity contribution in [2.45, 2.75) is 59.2 Å². The van der Waals surface area contributed by atoms with E-state index in [0.717, 1.165) is 71.2 Å². The topological polar surface area (TPSA) is 77.2 Å². The van der Waals surface area contributed by atoms with E-state index in [-0.39, 0.29) is 11.8 Å². The molecular formula is C25H42N6O. The highest BCUT2D eigenvalue weighted by molar-refractivity contribution is 5.80. The molecule has 7 nitrogen and oxygen atoms in total. The fourth-order valence-corrected chi connectivity index (χ4v) is 5.08. The van der Waals surface area contributed by atoms with Gasteiger partial charge in [0.1, 0.15) is 0 Å². The number of aliphatic imine (C=N–C) groups is 1. The molecule has 2 saturated heterocycles. The molecule has 178 valence electrons. The summed E-state index contributed by atoms with van der Waals surface area (Å²) in [5, 5.41) is 3.49. The summed E-state index contributed by atoms with van der Waals surface area (Å²) < 4.78 is 0. The number of likely N-dealkylation sites (N-methyl/N-ethyl adjacent to an activating group) is 1. The molecule has 2 unspecified atom stereocenters. The Labute approximate surface area is 194 Å². The van der Waals surface area contributed by atoms with Crippen molar-refractivity contribution < 1.29 is 4.79 Å². The Balaban J connectivity index is 1.61. The van der Waals surface area contributed by atoms with Crippen LogP contribution < -0.4 is 11.1 Å². The number of nitrogens with two attached hydrogens (primary N) is 1. The van der Waals surface area contributed by atoms with Gasteiger partial charge in [-0.25, -0.2) is 4.99 Å². The van der Waals surface area contributed by atoms with E-state index in [1.54, 1.807) is 0 Å². The van der Waals surface area contributed by atoms with Crippen LogP contribution in [0.5, 0.6) is 0 Å². The van der Waals surface area contributed by atoms with Crippen LogP contribution in [0, 0.1) is 5.92 Å². The zero-order valence-corrected chi connectivity index (χ0v) is 20.2. The van der Waals surface area contributed by atoms with Crippen LogP contribution in [0.4, 0.5) is 0 Å². The first kappa shape index (κ1) is 24.5. The molecule has 3 rings (SSSR count). The third-order valence-corrected chi connectivity index (χ3v) is 6.84. The lowest BCUT2D eigenvalue weighted by Gasteiger charge is -2.31. The van der Waals surface area contributed by atoms with Gasteiger partial charge in [0.15, 0.2) is 5.96 Å². The maximum absolute atomic E-state index is 11.6. The number of amides is 1. The van der Waals surface area contributed by atoms with Crippen molar-refractivity contribution >= 4 is 11.9 Å². The van der Waals surface area contributed by atoms with Crippen LogP contribution in [0.1, 0.15) is 51.2 Å². The summed E-state index contributed by atoms with van der Waals surface area (Å²) in [7, 11) is 0. The van der Waals surface area contributed by atoms with Crippen molar-refractivity contribution in [3.63, 3.8) is 0 Å². The van der Waals surface area contributed by atoms with Gasteiger partial charge in [-0.1, -0.05) is 38.1 Å². The molecule has 1 aromatic carbocycles. The van der Waals surface area contributed by atoms with Crippen LogP contribution in [-0.4, -0.2) is 78.4 Å². The lowest BCUT2D eigenvalue weighted by Crippen LogP contribution is -2.43. The highest BCUT2D eigenvalue weighted by atomic mass is 16.1. The Morgan fingerprint density at radius 2 is 1.94 bits per heavy atom. The van der Waals surface area contributed by atoms with Crippen molar-refractivity contribution in [2.75, 3.05) is 45.8 Å². The molecule has 0 aliphatic carbocycles. The van der Waals surface area contributed by atoms with Crippen molar-refractivity contribution in [3.05, 3.63) is 35.4 Å². The summed E-state index contributed by atoms with van der Waals surface area (Å²) in [5.74, 6) is 0.839. The summed E-state index contributed by atoms with van der Waals surface area (Å²) in [6.45, 7) is 15.1. The number of carbonyl (C=O) groups excluding carboxylic acids is 1. The van der Waals surface area contributed by atoms with E-state index in [1.165, 1.54) is 17.5 Å². The van der Waals surface area contributed by atoms with E-state index in [0.29, 0.717) is 12.6 Å². The predicted octanol–water partition coefficient (Wildman–Crippen LogP) is 2.27. The molecule has 2 atom stereocenters. The van der Waals surface area contributed by atoms with Crippen LogP contribution in [0.3, 0.4) is 0 Å². The van der Waals surface area contributed by atoms with Gasteiger partial charge in [0.05, 0.1) is 12.5 Å². The second-order valence-electron chi connectivity index (χ2n) is 9.08. The number of hydrogen-bond acceptors (Lipinski definition) is 4. The minimum absolute atomic E-state index is 0.0140. The van der Waals surface area contributed by atoms with E-state index < -0.39 is 0 Å². The van der Waals surface area contributed by atoms with Gasteiger partial charge >= 0.3 is 0 Å². The first-order valence-electron chi connectivity index (χ1n) is 12.4. The molecule has 0 radical (unpaired) electrons. The number of nitrogens with zero attached hydrogens (tertiary/aromatic N) is 4. The zero-order chi connectivity index (χ0) is 22.9. The first-order valence-corrected chi connectivity index (χ1v) is 12.4. The van der Waals surface area contributed by atoms with E-state index in [4.69, 9.17) is 10.7 Å². The van der Waals surface area contributed by atoms with Crippen molar-refractivity contribution in [3.8, 4) is 0 Å². The zero-order valence-electron chi connectivity index (χ0n) is 20.2. The van der Waals surface area contributed by atoms with Gasteiger partial charge in [0, 0.05) is 38.8 Å². The van der Waals surface area contributed by atoms with E-state index >= 15 is 0 Å². The number of benzene rings is 1. The second kappa shape index (κ2) is 12.2. The minimum atomic E-state index is -0.168. The SMILES string of the molecule is CCNC(=NCc1cccc(CN2CCCC(C(N)=O)C2)c1)N1CCC(N(CC)CC)C1. The van der Waals surface area contributed by atoms with Crippen molar-refractivity contribution in [1.29, 1.82) is 0 Å². The summed E-state index contributed by atoms with van der Waals surface area (Å²) >= 11 is 0. The number of primary amides is 1. The van der Waals surface area contributed by atoms with E-state index in [2.05, 4.69) is 65.1 Å². The molecule has 2 fully saturated rings. The van der Waals surface area contributed by atoms with Crippen LogP contribution >= 0.6 is 0 Å². The molecule has 0 bridgehead atoms. The average molecular weight is 443 g/mol. The molecule has 2 heterocycles. The molecule has 0 spiro atoms. The Hall–Kier alpha value is -2.12. The molecule has 2 aliphatic heterocycles. The molecule has 7 heteroatoms. The fourth-order valence-electron chi connectivity index (χ4n) is 5.08. The average Bonchev–Trinajstić information content (AvgIpc) is 3.28. The van der Waals surface area contributed by atoms with Crippen LogP contribution in [0.2, 0.25) is 0 Å². The van der Waals surface area contributed by atoms with Crippen LogP contribution in [-0.2, 0) is 17.9 Å². The number of piperidine rings is 1. The summed E-state index contributed by atoms with van der Waals surface area (Å²) in [4.78, 5) is 23.9. The third-order valence-electron chi connectivity index (χ3n) is 6.84. The molecule has 32 heavy (non-hydrogen) atoms. The number of carbonyl (C=O) groups is 1. The molecule has 0 saturated carbocycles. The molecule has 3 N–H and O–H groups in total. The van der Waals surface area contributed by atoms with Crippen molar-refractivity contribution in [1.82, 2.24) is 20.0 Å². The summed E-state index contributed by atoms with van der Waals surface area (Å²) in [6.07, 6.45) is 3.15. The Kier molecular flexibility index (Phi) is 9.36. The molecule has 1 amide bonds. The van der Waals surface area contributed by atoms with Gasteiger partial charge < -0.3 is 16.0 Å². The van der Waals surface area contributed by atoms with Crippen LogP contribution in [0.25, 0.3) is 0 Å². The maximum Gasteiger partial charge on any atom is 0.221 e. The van der Waals surface area contributed by atoms with Gasteiger partial charge in [-0.15, -0.1) is 0 Å². The van der Waals surface area contributed by atoms with Crippen LogP contribution in [0.15, 0.2) is 29.3 Å². The third kappa shape index (κ3) is 6.69. The Morgan fingerprint density at radius 3 is 2.66 bits per heavy atom. The fraction of sp³-hybridized carbons (Fsp3) is 0.680. The first-order chi connectivity index (χ1) is 15.5. The highest BCUT2D eigenvalue weighted by Gasteiger charge is 2.28. The number of guanidine groups is 1. The van der Waals surface area contributed by atoms with Gasteiger partial charge in [-0.05, 0) is 56.9 Å². The normalized spacial score (nSPS) is 22.5. The van der Waals surface area contributed by atoms with Gasteiger partial charge in [0.25, 0.3) is 0 Å². The molecule has 0 aromatic heterocycles. The standard InChI is InChI=1S/C25H42N6O/c1-4-27-25(31-14-12-23(19-31)30(5-2)6-3)28-16-20-9-7-10-21(15-20)17-29-13-8-11-22(18-29)24(26)32/h7,9-10,15,22-23H,4-6,8,11-14,16-19H2,1-3H3,(H2,26,32)(H,27,28). The van der Waals surface area contributed by atoms with Gasteiger partial charge in [0.2, 0.25) is 5.91 Å². The lowest BCUT2D eigenvalue weighted by molar-refractivity contribution is -0.123. The number of nitrogens with one attached hydrogen (secondary N) is 1. The summed E-state index contributed by atoms with van der Waals surface area (Å²) in [6, 6.07) is 9.31.